The van der Waals surface area contributed by atoms with E-state index in [2.05, 4.69) is 13.8 Å². The van der Waals surface area contributed by atoms with Gasteiger partial charge in [-0.05, 0) is 17.0 Å². The van der Waals surface area contributed by atoms with E-state index in [0.29, 0.717) is 12.0 Å². The summed E-state index contributed by atoms with van der Waals surface area (Å²) in [7, 11) is 0. The standard InChI is InChI=1S/C12H16ClNO/c1-12(2)8-14(9-12)15-7-10-5-3-4-6-11(10)13/h3-6H,7-9H2,1-2H3. The Bertz CT molecular complexity index is 343. The third-order valence-corrected chi connectivity index (χ3v) is 2.94. The van der Waals surface area contributed by atoms with Gasteiger partial charge in [-0.2, -0.15) is 5.06 Å². The van der Waals surface area contributed by atoms with Crippen molar-refractivity contribution in [1.82, 2.24) is 5.06 Å². The highest BCUT2D eigenvalue weighted by Gasteiger charge is 2.34. The van der Waals surface area contributed by atoms with Gasteiger partial charge in [-0.15, -0.1) is 0 Å². The lowest BCUT2D eigenvalue weighted by Gasteiger charge is -2.44. The zero-order valence-electron chi connectivity index (χ0n) is 9.16. The summed E-state index contributed by atoms with van der Waals surface area (Å²) >= 11 is 6.03. The predicted octanol–water partition coefficient (Wildman–Crippen LogP) is 3.11. The van der Waals surface area contributed by atoms with Gasteiger partial charge in [0.25, 0.3) is 0 Å². The second-order valence-electron chi connectivity index (χ2n) is 4.83. The molecule has 1 aliphatic heterocycles. The molecule has 0 saturated carbocycles. The molecule has 1 heterocycles. The molecule has 0 amide bonds. The van der Waals surface area contributed by atoms with Crippen molar-refractivity contribution in [2.24, 2.45) is 5.41 Å². The van der Waals surface area contributed by atoms with Gasteiger partial charge < -0.3 is 0 Å². The average molecular weight is 226 g/mol. The van der Waals surface area contributed by atoms with Crippen LogP contribution in [0.2, 0.25) is 5.02 Å². The van der Waals surface area contributed by atoms with E-state index in [0.717, 1.165) is 23.7 Å². The second kappa shape index (κ2) is 4.12. The van der Waals surface area contributed by atoms with Gasteiger partial charge >= 0.3 is 0 Å². The van der Waals surface area contributed by atoms with Crippen LogP contribution >= 0.6 is 11.6 Å². The van der Waals surface area contributed by atoms with E-state index in [-0.39, 0.29) is 0 Å². The van der Waals surface area contributed by atoms with Gasteiger partial charge in [0.2, 0.25) is 0 Å². The molecule has 82 valence electrons. The predicted molar refractivity (Wildman–Crippen MR) is 61.6 cm³/mol. The van der Waals surface area contributed by atoms with Crippen LogP contribution in [0.3, 0.4) is 0 Å². The first-order valence-corrected chi connectivity index (χ1v) is 5.56. The molecule has 2 rings (SSSR count). The van der Waals surface area contributed by atoms with Crippen molar-refractivity contribution in [3.05, 3.63) is 34.9 Å². The van der Waals surface area contributed by atoms with E-state index in [9.17, 15) is 0 Å². The molecule has 0 radical (unpaired) electrons. The van der Waals surface area contributed by atoms with Crippen molar-refractivity contribution in [3.63, 3.8) is 0 Å². The monoisotopic (exact) mass is 225 g/mol. The molecule has 3 heteroatoms. The number of hydroxylamine groups is 2. The Labute approximate surface area is 95.7 Å². The average Bonchev–Trinajstić information content (AvgIpc) is 2.13. The van der Waals surface area contributed by atoms with Gasteiger partial charge in [0.05, 0.1) is 6.61 Å². The summed E-state index contributed by atoms with van der Waals surface area (Å²) in [5, 5.41) is 2.76. The van der Waals surface area contributed by atoms with Crippen LogP contribution in [0.4, 0.5) is 0 Å². The van der Waals surface area contributed by atoms with Crippen molar-refractivity contribution in [3.8, 4) is 0 Å². The van der Waals surface area contributed by atoms with Crippen LogP contribution in [0.15, 0.2) is 24.3 Å². The quantitative estimate of drug-likeness (QED) is 0.784. The molecular weight excluding hydrogens is 210 g/mol. The van der Waals surface area contributed by atoms with Gasteiger partial charge in [0, 0.05) is 18.1 Å². The minimum absolute atomic E-state index is 0.403. The van der Waals surface area contributed by atoms with Gasteiger partial charge in [0.1, 0.15) is 0 Å². The fourth-order valence-electron chi connectivity index (χ4n) is 1.78. The molecule has 1 aromatic carbocycles. The molecule has 0 unspecified atom stereocenters. The maximum atomic E-state index is 6.03. The maximum Gasteiger partial charge on any atom is 0.0950 e. The molecule has 1 fully saturated rings. The minimum Gasteiger partial charge on any atom is -0.294 e. The molecule has 0 spiro atoms. The van der Waals surface area contributed by atoms with E-state index < -0.39 is 0 Å². The third kappa shape index (κ3) is 2.71. The molecular formula is C12H16ClNO. The molecule has 1 aliphatic rings. The van der Waals surface area contributed by atoms with Gasteiger partial charge in [-0.25, -0.2) is 0 Å². The number of nitrogens with zero attached hydrogens (tertiary/aromatic N) is 1. The van der Waals surface area contributed by atoms with E-state index in [1.165, 1.54) is 0 Å². The Kier molecular flexibility index (Phi) is 3.01. The molecule has 0 aliphatic carbocycles. The minimum atomic E-state index is 0.403. The Morgan fingerprint density at radius 2 is 2.00 bits per heavy atom. The highest BCUT2D eigenvalue weighted by atomic mass is 35.5. The lowest BCUT2D eigenvalue weighted by molar-refractivity contribution is -0.249. The highest BCUT2D eigenvalue weighted by Crippen LogP contribution is 2.29. The summed E-state index contributed by atoms with van der Waals surface area (Å²) in [5.74, 6) is 0. The first kappa shape index (κ1) is 10.9. The number of hydrogen-bond acceptors (Lipinski definition) is 2. The summed E-state index contributed by atoms with van der Waals surface area (Å²) in [5.41, 5.74) is 1.45. The van der Waals surface area contributed by atoms with Gasteiger partial charge in [0.15, 0.2) is 0 Å². The molecule has 0 aromatic heterocycles. The van der Waals surface area contributed by atoms with Crippen molar-refractivity contribution in [1.29, 1.82) is 0 Å². The zero-order chi connectivity index (χ0) is 10.9. The Hall–Kier alpha value is -0.570. The highest BCUT2D eigenvalue weighted by molar-refractivity contribution is 6.31. The lowest BCUT2D eigenvalue weighted by Crippen LogP contribution is -2.52. The lowest BCUT2D eigenvalue weighted by atomic mass is 9.86. The Morgan fingerprint density at radius 3 is 2.60 bits per heavy atom. The van der Waals surface area contributed by atoms with Crippen LogP contribution in [0.25, 0.3) is 0 Å². The normalized spacial score (nSPS) is 19.9. The van der Waals surface area contributed by atoms with Crippen molar-refractivity contribution in [2.75, 3.05) is 13.1 Å². The molecule has 0 atom stereocenters. The first-order chi connectivity index (χ1) is 7.07. The Balaban J connectivity index is 1.82. The van der Waals surface area contributed by atoms with Crippen LogP contribution in [0.5, 0.6) is 0 Å². The Morgan fingerprint density at radius 1 is 1.33 bits per heavy atom. The number of rotatable bonds is 3. The first-order valence-electron chi connectivity index (χ1n) is 5.18. The molecule has 0 N–H and O–H groups in total. The molecule has 15 heavy (non-hydrogen) atoms. The molecule has 0 bridgehead atoms. The number of halogens is 1. The van der Waals surface area contributed by atoms with Crippen molar-refractivity contribution in [2.45, 2.75) is 20.5 Å². The number of hydrogen-bond donors (Lipinski definition) is 0. The van der Waals surface area contributed by atoms with Crippen molar-refractivity contribution >= 4 is 11.6 Å². The van der Waals surface area contributed by atoms with Crippen LogP contribution in [-0.2, 0) is 11.4 Å². The van der Waals surface area contributed by atoms with Crippen LogP contribution in [0.1, 0.15) is 19.4 Å². The van der Waals surface area contributed by atoms with Crippen LogP contribution in [0, 0.1) is 5.41 Å². The SMILES string of the molecule is CC1(C)CN(OCc2ccccc2Cl)C1. The summed E-state index contributed by atoms with van der Waals surface area (Å²) in [4.78, 5) is 5.63. The van der Waals surface area contributed by atoms with Gasteiger partial charge in [-0.3, -0.25) is 4.84 Å². The zero-order valence-corrected chi connectivity index (χ0v) is 9.92. The summed E-state index contributed by atoms with van der Waals surface area (Å²) in [6.45, 7) is 7.04. The van der Waals surface area contributed by atoms with Crippen LogP contribution in [-0.4, -0.2) is 18.2 Å². The fourth-order valence-corrected chi connectivity index (χ4v) is 1.97. The summed E-state index contributed by atoms with van der Waals surface area (Å²) < 4.78 is 0. The van der Waals surface area contributed by atoms with E-state index in [4.69, 9.17) is 16.4 Å². The number of benzene rings is 1. The molecule has 1 aromatic rings. The van der Waals surface area contributed by atoms with E-state index >= 15 is 0 Å². The van der Waals surface area contributed by atoms with E-state index in [1.54, 1.807) is 0 Å². The summed E-state index contributed by atoms with van der Waals surface area (Å²) in [6.07, 6.45) is 0. The summed E-state index contributed by atoms with van der Waals surface area (Å²) in [6, 6.07) is 7.79. The van der Waals surface area contributed by atoms with Gasteiger partial charge in [-0.1, -0.05) is 43.6 Å². The van der Waals surface area contributed by atoms with Crippen molar-refractivity contribution < 1.29 is 4.84 Å². The maximum absolute atomic E-state index is 6.03. The molecule has 2 nitrogen and oxygen atoms in total. The van der Waals surface area contributed by atoms with E-state index in [1.807, 2.05) is 29.3 Å². The molecule has 1 saturated heterocycles. The largest absolute Gasteiger partial charge is 0.294 e. The topological polar surface area (TPSA) is 12.5 Å². The van der Waals surface area contributed by atoms with Crippen LogP contribution < -0.4 is 0 Å². The smallest absolute Gasteiger partial charge is 0.0950 e. The fraction of sp³-hybridized carbons (Fsp3) is 0.500. The third-order valence-electron chi connectivity index (χ3n) is 2.57. The second-order valence-corrected chi connectivity index (χ2v) is 5.23.